The summed E-state index contributed by atoms with van der Waals surface area (Å²) in [4.78, 5) is 0. The van der Waals surface area contributed by atoms with Crippen LogP contribution in [-0.2, 0) is 0 Å². The molecule has 5 rings (SSSR count). The van der Waals surface area contributed by atoms with Gasteiger partial charge >= 0.3 is 0 Å². The van der Waals surface area contributed by atoms with E-state index in [9.17, 15) is 5.11 Å². The molecule has 0 unspecified atom stereocenters. The lowest BCUT2D eigenvalue weighted by Gasteiger charge is -1.98. The van der Waals surface area contributed by atoms with Gasteiger partial charge in [0.15, 0.2) is 0 Å². The van der Waals surface area contributed by atoms with Crippen molar-refractivity contribution in [2.24, 2.45) is 0 Å². The van der Waals surface area contributed by atoms with Crippen LogP contribution in [0.2, 0.25) is 0 Å². The first-order valence-electron chi connectivity index (χ1n) is 9.75. The van der Waals surface area contributed by atoms with Crippen molar-refractivity contribution in [3.63, 3.8) is 0 Å². The summed E-state index contributed by atoms with van der Waals surface area (Å²) < 4.78 is 0. The molecule has 0 aromatic heterocycles. The summed E-state index contributed by atoms with van der Waals surface area (Å²) >= 11 is 0. The highest BCUT2D eigenvalue weighted by Gasteiger charge is 1.94. The average molecular weight is 392 g/mol. The lowest BCUT2D eigenvalue weighted by atomic mass is 10.1. The number of aromatic hydroxyl groups is 2. The minimum absolute atomic E-state index is 0.322. The first kappa shape index (κ1) is 20.7. The Hall–Kier alpha value is -4.04. The molecule has 0 amide bonds. The maximum Gasteiger partial charge on any atom is 0.123 e. The topological polar surface area (TPSA) is 40.5 Å². The highest BCUT2D eigenvalue weighted by Crippen LogP contribution is 2.23. The number of phenolic OH excluding ortho intramolecular Hbond substituents is 2. The van der Waals surface area contributed by atoms with Gasteiger partial charge in [-0.15, -0.1) is 0 Å². The van der Waals surface area contributed by atoms with Gasteiger partial charge in [-0.05, 0) is 34.7 Å². The van der Waals surface area contributed by atoms with E-state index in [-0.39, 0.29) is 0 Å². The molecule has 5 aromatic rings. The van der Waals surface area contributed by atoms with Gasteiger partial charge < -0.3 is 10.2 Å². The van der Waals surface area contributed by atoms with Gasteiger partial charge in [0.25, 0.3) is 0 Å². The minimum Gasteiger partial charge on any atom is -0.508 e. The van der Waals surface area contributed by atoms with Gasteiger partial charge in [0, 0.05) is 5.39 Å². The van der Waals surface area contributed by atoms with E-state index >= 15 is 0 Å². The molecule has 2 N–H and O–H groups in total. The summed E-state index contributed by atoms with van der Waals surface area (Å²) in [6.45, 7) is 0. The highest BCUT2D eigenvalue weighted by molar-refractivity contribution is 5.87. The molecule has 5 aromatic carbocycles. The Balaban J connectivity index is 0.000000133. The fraction of sp³-hybridized carbons (Fsp3) is 0. The Labute approximate surface area is 177 Å². The molecule has 0 bridgehead atoms. The Bertz CT molecular complexity index is 1100. The summed E-state index contributed by atoms with van der Waals surface area (Å²) in [6.07, 6.45) is 0. The standard InChI is InChI=1S/C12H10.C10H8O.C6H6O/c1-3-7-11(8-4-1)12-9-5-2-6-10-12;11-10-7-3-5-8-4-1-2-6-9(8)10;7-6-4-2-1-3-5-6/h1-10H;1-7,11H;1-5,7H. The lowest BCUT2D eigenvalue weighted by molar-refractivity contribution is 0.475. The van der Waals surface area contributed by atoms with Gasteiger partial charge in [0.1, 0.15) is 11.5 Å². The van der Waals surface area contributed by atoms with Crippen LogP contribution in [0, 0.1) is 0 Å². The average Bonchev–Trinajstić information content (AvgIpc) is 2.82. The summed E-state index contributed by atoms with van der Waals surface area (Å²) in [6, 6.07) is 42.8. The van der Waals surface area contributed by atoms with Gasteiger partial charge in [-0.2, -0.15) is 0 Å². The molecule has 0 aliphatic heterocycles. The van der Waals surface area contributed by atoms with Crippen LogP contribution in [0.4, 0.5) is 0 Å². The van der Waals surface area contributed by atoms with Crippen molar-refractivity contribution in [3.8, 4) is 22.6 Å². The van der Waals surface area contributed by atoms with Crippen LogP contribution in [0.25, 0.3) is 21.9 Å². The zero-order valence-corrected chi connectivity index (χ0v) is 16.6. The predicted molar refractivity (Wildman–Crippen MR) is 126 cm³/mol. The van der Waals surface area contributed by atoms with Gasteiger partial charge in [-0.1, -0.05) is 115 Å². The lowest BCUT2D eigenvalue weighted by Crippen LogP contribution is -1.73. The van der Waals surface area contributed by atoms with Gasteiger partial charge in [0.05, 0.1) is 0 Å². The minimum atomic E-state index is 0.322. The maximum atomic E-state index is 9.37. The number of benzene rings is 5. The van der Waals surface area contributed by atoms with E-state index in [1.165, 1.54) is 11.1 Å². The van der Waals surface area contributed by atoms with Gasteiger partial charge in [-0.25, -0.2) is 0 Å². The van der Waals surface area contributed by atoms with Crippen molar-refractivity contribution in [3.05, 3.63) is 133 Å². The van der Waals surface area contributed by atoms with Crippen LogP contribution in [0.5, 0.6) is 11.5 Å². The maximum absolute atomic E-state index is 9.37. The third-order valence-electron chi connectivity index (χ3n) is 4.40. The Kier molecular flexibility index (Phi) is 7.64. The molecule has 0 radical (unpaired) electrons. The smallest absolute Gasteiger partial charge is 0.123 e. The van der Waals surface area contributed by atoms with Crippen LogP contribution in [0.1, 0.15) is 0 Å². The van der Waals surface area contributed by atoms with Crippen LogP contribution in [0.15, 0.2) is 133 Å². The SMILES string of the molecule is Oc1cccc2ccccc12.Oc1ccccc1.c1ccc(-c2ccccc2)cc1. The van der Waals surface area contributed by atoms with E-state index in [1.54, 1.807) is 30.3 Å². The molecule has 30 heavy (non-hydrogen) atoms. The normalized spacial score (nSPS) is 9.60. The van der Waals surface area contributed by atoms with Gasteiger partial charge in [0.2, 0.25) is 0 Å². The van der Waals surface area contributed by atoms with E-state index < -0.39 is 0 Å². The molecular formula is C28H24O2. The number of hydrogen-bond donors (Lipinski definition) is 2. The summed E-state index contributed by atoms with van der Waals surface area (Å²) in [5.41, 5.74) is 2.55. The third-order valence-corrected chi connectivity index (χ3v) is 4.40. The monoisotopic (exact) mass is 392 g/mol. The number of para-hydroxylation sites is 1. The number of rotatable bonds is 1. The molecule has 0 spiro atoms. The summed E-state index contributed by atoms with van der Waals surface area (Å²) in [5, 5.41) is 20.0. The molecule has 2 heteroatoms. The number of fused-ring (bicyclic) bond motifs is 1. The summed E-state index contributed by atoms with van der Waals surface area (Å²) in [7, 11) is 0. The van der Waals surface area contributed by atoms with E-state index in [0.717, 1.165) is 10.8 Å². The third kappa shape index (κ3) is 6.25. The molecule has 0 fully saturated rings. The molecule has 0 atom stereocenters. The van der Waals surface area contributed by atoms with E-state index in [2.05, 4.69) is 48.5 Å². The predicted octanol–water partition coefficient (Wildman–Crippen LogP) is 7.29. The second kappa shape index (κ2) is 11.1. The summed E-state index contributed by atoms with van der Waals surface area (Å²) in [5.74, 6) is 0.672. The van der Waals surface area contributed by atoms with Crippen LogP contribution in [-0.4, -0.2) is 10.2 Å². The molecule has 0 aliphatic carbocycles. The van der Waals surface area contributed by atoms with Crippen molar-refractivity contribution >= 4 is 10.8 Å². The number of phenols is 2. The largest absolute Gasteiger partial charge is 0.508 e. The van der Waals surface area contributed by atoms with Crippen molar-refractivity contribution in [1.82, 2.24) is 0 Å². The molecule has 0 saturated carbocycles. The second-order valence-electron chi connectivity index (χ2n) is 6.57. The molecule has 0 aliphatic rings. The quantitative estimate of drug-likeness (QED) is 0.314. The first-order valence-corrected chi connectivity index (χ1v) is 9.75. The van der Waals surface area contributed by atoms with E-state index in [1.807, 2.05) is 54.6 Å². The number of hydrogen-bond acceptors (Lipinski definition) is 2. The Morgan fingerprint density at radius 1 is 0.367 bits per heavy atom. The van der Waals surface area contributed by atoms with Crippen LogP contribution >= 0.6 is 0 Å². The van der Waals surface area contributed by atoms with Crippen molar-refractivity contribution in [2.45, 2.75) is 0 Å². The molecule has 0 heterocycles. The molecule has 2 nitrogen and oxygen atoms in total. The zero-order valence-electron chi connectivity index (χ0n) is 16.6. The van der Waals surface area contributed by atoms with Crippen LogP contribution in [0.3, 0.4) is 0 Å². The van der Waals surface area contributed by atoms with E-state index in [0.29, 0.717) is 11.5 Å². The highest BCUT2D eigenvalue weighted by atomic mass is 16.3. The van der Waals surface area contributed by atoms with Gasteiger partial charge in [-0.3, -0.25) is 0 Å². The van der Waals surface area contributed by atoms with E-state index in [4.69, 9.17) is 5.11 Å². The Morgan fingerprint density at radius 2 is 0.800 bits per heavy atom. The fourth-order valence-electron chi connectivity index (χ4n) is 2.90. The second-order valence-corrected chi connectivity index (χ2v) is 6.57. The molecular weight excluding hydrogens is 368 g/mol. The first-order chi connectivity index (χ1) is 14.7. The van der Waals surface area contributed by atoms with Crippen molar-refractivity contribution in [1.29, 1.82) is 0 Å². The van der Waals surface area contributed by atoms with Crippen molar-refractivity contribution in [2.75, 3.05) is 0 Å². The van der Waals surface area contributed by atoms with Crippen molar-refractivity contribution < 1.29 is 10.2 Å². The molecule has 0 saturated heterocycles. The zero-order chi connectivity index (χ0) is 21.0. The molecule has 148 valence electrons. The van der Waals surface area contributed by atoms with Crippen LogP contribution < -0.4 is 0 Å². The Morgan fingerprint density at radius 3 is 1.27 bits per heavy atom. The fourth-order valence-corrected chi connectivity index (χ4v) is 2.90.